The zero-order valence-electron chi connectivity index (χ0n) is 15.5. The van der Waals surface area contributed by atoms with E-state index < -0.39 is 0 Å². The quantitative estimate of drug-likeness (QED) is 0.829. The van der Waals surface area contributed by atoms with Gasteiger partial charge in [-0.1, -0.05) is 20.3 Å². The Morgan fingerprint density at radius 2 is 1.75 bits per heavy atom. The van der Waals surface area contributed by atoms with Crippen LogP contribution in [0.5, 0.6) is 0 Å². The first-order valence-electron chi connectivity index (χ1n) is 10.4. The van der Waals surface area contributed by atoms with Crippen LogP contribution in [0.3, 0.4) is 0 Å². The van der Waals surface area contributed by atoms with Gasteiger partial charge in [-0.3, -0.25) is 0 Å². The SMILES string of the molecule is CC(C)CN1CCC(NC(=O)NC2CC3CC2C2CCCC32)CC1. The van der Waals surface area contributed by atoms with Gasteiger partial charge in [0, 0.05) is 31.7 Å². The number of urea groups is 1. The van der Waals surface area contributed by atoms with Gasteiger partial charge in [-0.25, -0.2) is 4.79 Å². The van der Waals surface area contributed by atoms with Crippen molar-refractivity contribution in [2.24, 2.45) is 29.6 Å². The Balaban J connectivity index is 1.21. The highest BCUT2D eigenvalue weighted by Gasteiger charge is 2.54. The predicted molar refractivity (Wildman–Crippen MR) is 96.8 cm³/mol. The maximum atomic E-state index is 12.5. The van der Waals surface area contributed by atoms with Gasteiger partial charge >= 0.3 is 6.03 Å². The van der Waals surface area contributed by atoms with Crippen LogP contribution in [0.25, 0.3) is 0 Å². The first-order valence-corrected chi connectivity index (χ1v) is 10.4. The third kappa shape index (κ3) is 3.31. The molecule has 1 aliphatic heterocycles. The molecule has 1 heterocycles. The van der Waals surface area contributed by atoms with E-state index in [9.17, 15) is 4.79 Å². The number of fused-ring (bicyclic) bond motifs is 5. The summed E-state index contributed by atoms with van der Waals surface area (Å²) in [5.74, 6) is 4.35. The Morgan fingerprint density at radius 1 is 1.00 bits per heavy atom. The number of rotatable bonds is 4. The topological polar surface area (TPSA) is 44.4 Å². The monoisotopic (exact) mass is 333 g/mol. The normalized spacial score (nSPS) is 39.4. The minimum atomic E-state index is 0.101. The molecule has 0 aromatic carbocycles. The fourth-order valence-corrected chi connectivity index (χ4v) is 6.41. The molecule has 3 saturated carbocycles. The van der Waals surface area contributed by atoms with Crippen LogP contribution in [0.2, 0.25) is 0 Å². The van der Waals surface area contributed by atoms with Gasteiger partial charge < -0.3 is 15.5 Å². The van der Waals surface area contributed by atoms with Gasteiger partial charge in [0.2, 0.25) is 0 Å². The van der Waals surface area contributed by atoms with E-state index in [1.807, 2.05) is 0 Å². The highest BCUT2D eigenvalue weighted by molar-refractivity contribution is 5.74. The predicted octanol–water partition coefficient (Wildman–Crippen LogP) is 3.23. The summed E-state index contributed by atoms with van der Waals surface area (Å²) in [6.07, 6.45) is 9.12. The van der Waals surface area contributed by atoms with Crippen LogP contribution in [0.4, 0.5) is 4.79 Å². The van der Waals surface area contributed by atoms with Crippen molar-refractivity contribution in [3.63, 3.8) is 0 Å². The summed E-state index contributed by atoms with van der Waals surface area (Å²) in [5, 5.41) is 6.61. The zero-order chi connectivity index (χ0) is 16.7. The van der Waals surface area contributed by atoms with Gasteiger partial charge in [-0.15, -0.1) is 0 Å². The van der Waals surface area contributed by atoms with Crippen LogP contribution in [-0.2, 0) is 0 Å². The lowest BCUT2D eigenvalue weighted by atomic mass is 9.79. The molecule has 4 rings (SSSR count). The van der Waals surface area contributed by atoms with Crippen LogP contribution in [0.1, 0.15) is 58.8 Å². The van der Waals surface area contributed by atoms with E-state index in [1.54, 1.807) is 0 Å². The number of likely N-dealkylation sites (tertiary alicyclic amines) is 1. The number of piperidine rings is 1. The van der Waals surface area contributed by atoms with Crippen molar-refractivity contribution < 1.29 is 4.79 Å². The van der Waals surface area contributed by atoms with E-state index in [0.29, 0.717) is 12.1 Å². The number of carbonyl (C=O) groups is 1. The number of hydrogen-bond donors (Lipinski definition) is 2. The standard InChI is InChI=1S/C20H35N3O/c1-13(2)12-23-8-6-15(7-9-23)21-20(24)22-19-11-14-10-18(19)17-5-3-4-16(14)17/h13-19H,3-12H2,1-2H3,(H2,21,22,24). The Morgan fingerprint density at radius 3 is 2.50 bits per heavy atom. The smallest absolute Gasteiger partial charge is 0.315 e. The summed E-state index contributed by atoms with van der Waals surface area (Å²) in [6, 6.07) is 0.922. The minimum Gasteiger partial charge on any atom is -0.335 e. The van der Waals surface area contributed by atoms with Gasteiger partial charge in [0.25, 0.3) is 0 Å². The van der Waals surface area contributed by atoms with Crippen LogP contribution >= 0.6 is 0 Å². The molecule has 4 heteroatoms. The first kappa shape index (κ1) is 16.7. The number of amides is 2. The van der Waals surface area contributed by atoms with Crippen LogP contribution < -0.4 is 10.6 Å². The largest absolute Gasteiger partial charge is 0.335 e. The molecule has 0 aromatic heterocycles. The number of carbonyl (C=O) groups excluding carboxylic acids is 1. The van der Waals surface area contributed by atoms with Crippen molar-refractivity contribution in [3.05, 3.63) is 0 Å². The maximum absolute atomic E-state index is 12.5. The van der Waals surface area contributed by atoms with Crippen LogP contribution in [0.15, 0.2) is 0 Å². The van der Waals surface area contributed by atoms with Crippen LogP contribution in [0, 0.1) is 29.6 Å². The summed E-state index contributed by atoms with van der Waals surface area (Å²) in [4.78, 5) is 15.0. The molecule has 5 unspecified atom stereocenters. The van der Waals surface area contributed by atoms with E-state index in [2.05, 4.69) is 29.4 Å². The van der Waals surface area contributed by atoms with E-state index in [0.717, 1.165) is 55.5 Å². The Kier molecular flexibility index (Phi) is 4.77. The van der Waals surface area contributed by atoms with Gasteiger partial charge in [0.05, 0.1) is 0 Å². The average molecular weight is 334 g/mol. The van der Waals surface area contributed by atoms with Gasteiger partial charge in [0.15, 0.2) is 0 Å². The van der Waals surface area contributed by atoms with Gasteiger partial charge in [-0.05, 0) is 68.1 Å². The molecular formula is C20H35N3O. The van der Waals surface area contributed by atoms with Crippen molar-refractivity contribution in [2.45, 2.75) is 70.9 Å². The van der Waals surface area contributed by atoms with E-state index in [4.69, 9.17) is 0 Å². The van der Waals surface area contributed by atoms with Crippen molar-refractivity contribution in [3.8, 4) is 0 Å². The van der Waals surface area contributed by atoms with E-state index in [-0.39, 0.29) is 6.03 Å². The summed E-state index contributed by atoms with van der Waals surface area (Å²) in [5.41, 5.74) is 0. The second-order valence-corrected chi connectivity index (χ2v) is 9.35. The second-order valence-electron chi connectivity index (χ2n) is 9.35. The lowest BCUT2D eigenvalue weighted by Gasteiger charge is -2.35. The highest BCUT2D eigenvalue weighted by Crippen LogP contribution is 2.58. The molecular weight excluding hydrogens is 298 g/mol. The summed E-state index contributed by atoms with van der Waals surface area (Å²) >= 11 is 0. The average Bonchev–Trinajstić information content (AvgIpc) is 3.20. The molecule has 2 amide bonds. The van der Waals surface area contributed by atoms with Crippen molar-refractivity contribution >= 4 is 6.03 Å². The number of hydrogen-bond acceptors (Lipinski definition) is 2. The van der Waals surface area contributed by atoms with Crippen molar-refractivity contribution in [1.82, 2.24) is 15.5 Å². The molecule has 2 N–H and O–H groups in total. The first-order chi connectivity index (χ1) is 11.6. The fourth-order valence-electron chi connectivity index (χ4n) is 6.41. The van der Waals surface area contributed by atoms with Gasteiger partial charge in [-0.2, -0.15) is 0 Å². The molecule has 3 aliphatic carbocycles. The molecule has 4 nitrogen and oxygen atoms in total. The maximum Gasteiger partial charge on any atom is 0.315 e. The molecule has 2 bridgehead atoms. The molecule has 0 aromatic rings. The molecule has 4 fully saturated rings. The molecule has 24 heavy (non-hydrogen) atoms. The van der Waals surface area contributed by atoms with Crippen molar-refractivity contribution in [2.75, 3.05) is 19.6 Å². The zero-order valence-corrected chi connectivity index (χ0v) is 15.5. The fraction of sp³-hybridized carbons (Fsp3) is 0.950. The van der Waals surface area contributed by atoms with Gasteiger partial charge in [0.1, 0.15) is 0 Å². The summed E-state index contributed by atoms with van der Waals surface area (Å²) in [6.45, 7) is 8.00. The van der Waals surface area contributed by atoms with E-state index in [1.165, 1.54) is 38.6 Å². The Hall–Kier alpha value is -0.770. The molecule has 5 atom stereocenters. The minimum absolute atomic E-state index is 0.101. The lowest BCUT2D eigenvalue weighted by molar-refractivity contribution is 0.171. The molecule has 4 aliphatic rings. The third-order valence-corrected chi connectivity index (χ3v) is 7.29. The Bertz CT molecular complexity index is 458. The van der Waals surface area contributed by atoms with Crippen LogP contribution in [-0.4, -0.2) is 42.6 Å². The Labute approximate surface area is 147 Å². The summed E-state index contributed by atoms with van der Waals surface area (Å²) < 4.78 is 0. The molecule has 1 saturated heterocycles. The lowest BCUT2D eigenvalue weighted by Crippen LogP contribution is -2.52. The molecule has 136 valence electrons. The molecule has 0 radical (unpaired) electrons. The third-order valence-electron chi connectivity index (χ3n) is 7.29. The van der Waals surface area contributed by atoms with E-state index >= 15 is 0 Å². The summed E-state index contributed by atoms with van der Waals surface area (Å²) in [7, 11) is 0. The molecule has 0 spiro atoms. The second kappa shape index (κ2) is 6.86. The highest BCUT2D eigenvalue weighted by atomic mass is 16.2. The van der Waals surface area contributed by atoms with Crippen molar-refractivity contribution in [1.29, 1.82) is 0 Å². The number of nitrogens with zero attached hydrogens (tertiary/aromatic N) is 1. The number of nitrogens with one attached hydrogen (secondary N) is 2.